The van der Waals surface area contributed by atoms with Crippen molar-refractivity contribution < 1.29 is 0 Å². The molecule has 1 heteroatoms. The van der Waals surface area contributed by atoms with Crippen molar-refractivity contribution in [1.82, 2.24) is 0 Å². The van der Waals surface area contributed by atoms with Crippen LogP contribution in [-0.4, -0.2) is 6.54 Å². The number of hydrogen-bond acceptors (Lipinski definition) is 1. The lowest BCUT2D eigenvalue weighted by molar-refractivity contribution is 1.21. The van der Waals surface area contributed by atoms with Crippen LogP contribution in [0, 0.1) is 6.92 Å². The van der Waals surface area contributed by atoms with Crippen LogP contribution >= 0.6 is 0 Å². The van der Waals surface area contributed by atoms with Gasteiger partial charge in [-0.15, -0.1) is 0 Å². The van der Waals surface area contributed by atoms with Gasteiger partial charge in [0, 0.05) is 12.2 Å². The minimum absolute atomic E-state index is 0.990. The Morgan fingerprint density at radius 1 is 1.25 bits per heavy atom. The summed E-state index contributed by atoms with van der Waals surface area (Å²) < 4.78 is 0. The first-order valence-electron chi connectivity index (χ1n) is 4.63. The van der Waals surface area contributed by atoms with Crippen molar-refractivity contribution in [3.63, 3.8) is 0 Å². The van der Waals surface area contributed by atoms with E-state index < -0.39 is 0 Å². The van der Waals surface area contributed by atoms with Crippen molar-refractivity contribution in [1.29, 1.82) is 0 Å². The molecule has 0 saturated heterocycles. The van der Waals surface area contributed by atoms with Crippen LogP contribution in [0.2, 0.25) is 0 Å². The third-order valence-corrected chi connectivity index (χ3v) is 1.40. The summed E-state index contributed by atoms with van der Waals surface area (Å²) >= 11 is 0. The quantitative estimate of drug-likeness (QED) is 0.707. The van der Waals surface area contributed by atoms with Gasteiger partial charge in [0.2, 0.25) is 0 Å². The van der Waals surface area contributed by atoms with E-state index in [0.717, 1.165) is 6.54 Å². The Morgan fingerprint density at radius 2 is 1.92 bits per heavy atom. The molecule has 0 aliphatic rings. The highest BCUT2D eigenvalue weighted by atomic mass is 14.8. The number of rotatable bonds is 2. The minimum Gasteiger partial charge on any atom is -0.385 e. The number of anilines is 1. The highest BCUT2D eigenvalue weighted by Crippen LogP contribution is 2.08. The lowest BCUT2D eigenvalue weighted by atomic mass is 10.2. The van der Waals surface area contributed by atoms with Crippen LogP contribution in [0.25, 0.3) is 0 Å². The van der Waals surface area contributed by atoms with Crippen molar-refractivity contribution in [2.24, 2.45) is 0 Å². The van der Waals surface area contributed by atoms with Gasteiger partial charge in [0.1, 0.15) is 0 Å². The Kier molecular flexibility index (Phi) is 6.16. The van der Waals surface area contributed by atoms with Crippen LogP contribution in [0.4, 0.5) is 5.69 Å². The monoisotopic (exact) mass is 165 g/mol. The molecular formula is C11H19N. The molecule has 0 aliphatic heterocycles. The van der Waals surface area contributed by atoms with E-state index in [2.05, 4.69) is 43.4 Å². The molecule has 0 radical (unpaired) electrons. The van der Waals surface area contributed by atoms with E-state index in [4.69, 9.17) is 0 Å². The largest absolute Gasteiger partial charge is 0.385 e. The first kappa shape index (κ1) is 11.0. The maximum absolute atomic E-state index is 3.25. The summed E-state index contributed by atoms with van der Waals surface area (Å²) in [7, 11) is 0. The summed E-state index contributed by atoms with van der Waals surface area (Å²) in [6.45, 7) is 9.19. The second kappa shape index (κ2) is 6.71. The van der Waals surface area contributed by atoms with Crippen LogP contribution in [0.3, 0.4) is 0 Å². The Balaban J connectivity index is 0.000000561. The fourth-order valence-corrected chi connectivity index (χ4v) is 0.959. The molecule has 1 rings (SSSR count). The number of aryl methyl sites for hydroxylation is 1. The lowest BCUT2D eigenvalue weighted by Crippen LogP contribution is -1.95. The van der Waals surface area contributed by atoms with Crippen molar-refractivity contribution in [2.45, 2.75) is 27.7 Å². The summed E-state index contributed by atoms with van der Waals surface area (Å²) in [5, 5.41) is 3.25. The number of hydrogen-bond donors (Lipinski definition) is 1. The van der Waals surface area contributed by atoms with E-state index in [0.29, 0.717) is 0 Å². The molecule has 1 N–H and O–H groups in total. The predicted octanol–water partition coefficient (Wildman–Crippen LogP) is 3.45. The molecule has 12 heavy (non-hydrogen) atoms. The third kappa shape index (κ3) is 4.02. The molecule has 1 aromatic rings. The lowest BCUT2D eigenvalue weighted by Gasteiger charge is -2.02. The molecule has 0 saturated carbocycles. The summed E-state index contributed by atoms with van der Waals surface area (Å²) in [6.07, 6.45) is 0. The van der Waals surface area contributed by atoms with Crippen LogP contribution in [0.5, 0.6) is 0 Å². The van der Waals surface area contributed by atoms with E-state index in [1.807, 2.05) is 13.8 Å². The predicted molar refractivity (Wildman–Crippen MR) is 56.7 cm³/mol. The van der Waals surface area contributed by atoms with E-state index in [1.165, 1.54) is 11.3 Å². The highest BCUT2D eigenvalue weighted by molar-refractivity contribution is 5.45. The molecule has 0 heterocycles. The van der Waals surface area contributed by atoms with Crippen LogP contribution in [0.15, 0.2) is 24.3 Å². The molecule has 0 aromatic heterocycles. The minimum atomic E-state index is 0.990. The maximum atomic E-state index is 3.25. The van der Waals surface area contributed by atoms with E-state index in [1.54, 1.807) is 0 Å². The Morgan fingerprint density at radius 3 is 2.42 bits per heavy atom. The summed E-state index contributed by atoms with van der Waals surface area (Å²) in [4.78, 5) is 0. The molecule has 68 valence electrons. The van der Waals surface area contributed by atoms with Crippen molar-refractivity contribution in [3.05, 3.63) is 29.8 Å². The topological polar surface area (TPSA) is 12.0 Å². The smallest absolute Gasteiger partial charge is 0.0342 e. The second-order valence-corrected chi connectivity index (χ2v) is 2.40. The molecule has 0 atom stereocenters. The molecule has 0 bridgehead atoms. The maximum Gasteiger partial charge on any atom is 0.0342 e. The second-order valence-electron chi connectivity index (χ2n) is 2.40. The molecule has 0 spiro atoms. The van der Waals surface area contributed by atoms with Gasteiger partial charge in [-0.3, -0.25) is 0 Å². The zero-order chi connectivity index (χ0) is 9.40. The first-order valence-corrected chi connectivity index (χ1v) is 4.63. The average Bonchev–Trinajstić information content (AvgIpc) is 2.09. The number of benzene rings is 1. The van der Waals surface area contributed by atoms with Gasteiger partial charge in [-0.25, -0.2) is 0 Å². The van der Waals surface area contributed by atoms with E-state index in [9.17, 15) is 0 Å². The van der Waals surface area contributed by atoms with Gasteiger partial charge in [0.25, 0.3) is 0 Å². The molecule has 1 aromatic carbocycles. The summed E-state index contributed by atoms with van der Waals surface area (Å²) in [5.74, 6) is 0. The molecule has 1 nitrogen and oxygen atoms in total. The van der Waals surface area contributed by atoms with Gasteiger partial charge in [-0.05, 0) is 31.5 Å². The third-order valence-electron chi connectivity index (χ3n) is 1.40. The van der Waals surface area contributed by atoms with Crippen molar-refractivity contribution in [2.75, 3.05) is 11.9 Å². The highest BCUT2D eigenvalue weighted by Gasteiger charge is 1.87. The van der Waals surface area contributed by atoms with Gasteiger partial charge in [0.15, 0.2) is 0 Å². The van der Waals surface area contributed by atoms with Crippen LogP contribution in [-0.2, 0) is 0 Å². The molecule has 0 unspecified atom stereocenters. The summed E-state index contributed by atoms with van der Waals surface area (Å²) in [5.41, 5.74) is 2.51. The first-order chi connectivity index (χ1) is 5.83. The van der Waals surface area contributed by atoms with Gasteiger partial charge in [0.05, 0.1) is 0 Å². The van der Waals surface area contributed by atoms with Gasteiger partial charge < -0.3 is 5.32 Å². The zero-order valence-corrected chi connectivity index (χ0v) is 8.52. The zero-order valence-electron chi connectivity index (χ0n) is 8.52. The SMILES string of the molecule is CC.CCNc1cccc(C)c1. The Labute approximate surface area is 75.8 Å². The number of nitrogens with one attached hydrogen (secondary N) is 1. The Bertz CT molecular complexity index is 206. The fourth-order valence-electron chi connectivity index (χ4n) is 0.959. The standard InChI is InChI=1S/C9H13N.C2H6/c1-3-10-9-6-4-5-8(2)7-9;1-2/h4-7,10H,3H2,1-2H3;1-2H3. The molecular weight excluding hydrogens is 146 g/mol. The normalized spacial score (nSPS) is 8.33. The van der Waals surface area contributed by atoms with Crippen LogP contribution < -0.4 is 5.32 Å². The van der Waals surface area contributed by atoms with Crippen molar-refractivity contribution >= 4 is 5.69 Å². The average molecular weight is 165 g/mol. The molecule has 0 aliphatic carbocycles. The fraction of sp³-hybridized carbons (Fsp3) is 0.455. The van der Waals surface area contributed by atoms with Crippen LogP contribution in [0.1, 0.15) is 26.3 Å². The molecule has 0 amide bonds. The van der Waals surface area contributed by atoms with E-state index in [-0.39, 0.29) is 0 Å². The van der Waals surface area contributed by atoms with Gasteiger partial charge >= 0.3 is 0 Å². The molecule has 0 fully saturated rings. The van der Waals surface area contributed by atoms with Gasteiger partial charge in [-0.1, -0.05) is 26.0 Å². The van der Waals surface area contributed by atoms with E-state index >= 15 is 0 Å². The summed E-state index contributed by atoms with van der Waals surface area (Å²) in [6, 6.07) is 8.38. The van der Waals surface area contributed by atoms with Gasteiger partial charge in [-0.2, -0.15) is 0 Å². The Hall–Kier alpha value is -0.980. The van der Waals surface area contributed by atoms with Crippen molar-refractivity contribution in [3.8, 4) is 0 Å².